The van der Waals surface area contributed by atoms with Gasteiger partial charge in [-0.25, -0.2) is 4.99 Å². The highest BCUT2D eigenvalue weighted by Gasteiger charge is 2.21. The molecule has 1 amide bonds. The molecule has 1 aromatic heterocycles. The van der Waals surface area contributed by atoms with Gasteiger partial charge in [-0.1, -0.05) is 29.8 Å². The maximum absolute atomic E-state index is 12.0. The summed E-state index contributed by atoms with van der Waals surface area (Å²) >= 11 is 0. The largest absolute Gasteiger partial charge is 0.303 e. The molecule has 0 bridgehead atoms. The molecule has 21 heavy (non-hydrogen) atoms. The van der Waals surface area contributed by atoms with E-state index < -0.39 is 0 Å². The fourth-order valence-corrected chi connectivity index (χ4v) is 2.16. The van der Waals surface area contributed by atoms with Crippen LogP contribution in [0.15, 0.2) is 53.3 Å². The van der Waals surface area contributed by atoms with E-state index in [2.05, 4.69) is 21.4 Å². The maximum atomic E-state index is 12.0. The second-order valence-corrected chi connectivity index (χ2v) is 5.02. The molecule has 1 aliphatic heterocycles. The Morgan fingerprint density at radius 2 is 2.00 bits per heavy atom. The minimum absolute atomic E-state index is 0.198. The Morgan fingerprint density at radius 3 is 2.76 bits per heavy atom. The van der Waals surface area contributed by atoms with Crippen molar-refractivity contribution in [2.45, 2.75) is 13.8 Å². The third kappa shape index (κ3) is 2.74. The second kappa shape index (κ2) is 5.32. The van der Waals surface area contributed by atoms with Gasteiger partial charge in [0, 0.05) is 6.20 Å². The van der Waals surface area contributed by atoms with E-state index in [-0.39, 0.29) is 5.91 Å². The molecular weight excluding hydrogens is 262 g/mol. The van der Waals surface area contributed by atoms with Gasteiger partial charge in [-0.05, 0) is 43.2 Å². The summed E-state index contributed by atoms with van der Waals surface area (Å²) in [5, 5.41) is 2.75. The molecule has 4 nitrogen and oxygen atoms in total. The molecule has 4 heteroatoms. The van der Waals surface area contributed by atoms with Crippen LogP contribution < -0.4 is 5.32 Å². The molecule has 0 radical (unpaired) electrons. The number of hydrogen-bond donors (Lipinski definition) is 1. The number of carbonyl (C=O) groups excluding carboxylic acids is 1. The van der Waals surface area contributed by atoms with Crippen molar-refractivity contribution in [1.29, 1.82) is 0 Å². The van der Waals surface area contributed by atoms with Crippen molar-refractivity contribution in [2.75, 3.05) is 0 Å². The Morgan fingerprint density at radius 1 is 1.14 bits per heavy atom. The number of carbonyl (C=O) groups is 1. The first-order valence-corrected chi connectivity index (χ1v) is 6.74. The van der Waals surface area contributed by atoms with Gasteiger partial charge in [0.1, 0.15) is 11.4 Å². The summed E-state index contributed by atoms with van der Waals surface area (Å²) in [6.07, 6.45) is 3.49. The van der Waals surface area contributed by atoms with E-state index in [1.54, 1.807) is 6.20 Å². The monoisotopic (exact) mass is 277 g/mol. The number of amides is 1. The van der Waals surface area contributed by atoms with Crippen molar-refractivity contribution in [3.8, 4) is 0 Å². The van der Waals surface area contributed by atoms with Crippen LogP contribution in [0, 0.1) is 13.8 Å². The van der Waals surface area contributed by atoms with E-state index in [4.69, 9.17) is 0 Å². The Bertz CT molecular complexity index is 761. The van der Waals surface area contributed by atoms with Crippen LogP contribution in [0.5, 0.6) is 0 Å². The smallest absolute Gasteiger partial charge is 0.275 e. The van der Waals surface area contributed by atoms with E-state index in [1.165, 1.54) is 0 Å². The lowest BCUT2D eigenvalue weighted by Gasteiger charge is -2.02. The number of rotatable bonds is 2. The van der Waals surface area contributed by atoms with Crippen molar-refractivity contribution in [1.82, 2.24) is 10.3 Å². The number of pyridine rings is 1. The Balaban J connectivity index is 1.99. The predicted octanol–water partition coefficient (Wildman–Crippen LogP) is 2.62. The van der Waals surface area contributed by atoms with E-state index in [0.29, 0.717) is 17.2 Å². The lowest BCUT2D eigenvalue weighted by molar-refractivity contribution is -0.115. The molecule has 3 rings (SSSR count). The third-order valence-electron chi connectivity index (χ3n) is 3.33. The van der Waals surface area contributed by atoms with Crippen LogP contribution in [0.4, 0.5) is 0 Å². The standard InChI is InChI=1S/C17H15N3O/c1-11-6-7-12(2)13(9-11)10-15-17(21)20-16(19-15)14-5-3-4-8-18-14/h3-10H,1-2H3,(H,19,20,21)/b15-10+. The molecule has 0 fully saturated rings. The molecule has 0 saturated heterocycles. The number of amidine groups is 1. The Hall–Kier alpha value is -2.75. The molecule has 1 aliphatic rings. The molecule has 1 aromatic carbocycles. The van der Waals surface area contributed by atoms with Gasteiger partial charge in [-0.2, -0.15) is 0 Å². The van der Waals surface area contributed by atoms with Gasteiger partial charge in [0.05, 0.1) is 0 Å². The minimum atomic E-state index is -0.198. The second-order valence-electron chi connectivity index (χ2n) is 5.02. The first kappa shape index (κ1) is 13.2. The van der Waals surface area contributed by atoms with Crippen LogP contribution in [0.3, 0.4) is 0 Å². The van der Waals surface area contributed by atoms with Crippen LogP contribution in [0.2, 0.25) is 0 Å². The van der Waals surface area contributed by atoms with Crippen molar-refractivity contribution in [2.24, 2.45) is 4.99 Å². The number of aromatic nitrogens is 1. The highest BCUT2D eigenvalue weighted by atomic mass is 16.2. The number of aryl methyl sites for hydroxylation is 2. The quantitative estimate of drug-likeness (QED) is 0.858. The topological polar surface area (TPSA) is 54.4 Å². The molecule has 0 unspecified atom stereocenters. The van der Waals surface area contributed by atoms with E-state index in [1.807, 2.05) is 50.3 Å². The average molecular weight is 277 g/mol. The summed E-state index contributed by atoms with van der Waals surface area (Å²) in [4.78, 5) is 20.6. The lowest BCUT2D eigenvalue weighted by Crippen LogP contribution is -2.25. The van der Waals surface area contributed by atoms with Gasteiger partial charge < -0.3 is 5.32 Å². The SMILES string of the molecule is Cc1ccc(C)c(/C=C2/N=C(c3ccccn3)NC2=O)c1. The summed E-state index contributed by atoms with van der Waals surface area (Å²) < 4.78 is 0. The Kier molecular flexibility index (Phi) is 3.36. The summed E-state index contributed by atoms with van der Waals surface area (Å²) in [5.41, 5.74) is 4.34. The molecule has 0 saturated carbocycles. The van der Waals surface area contributed by atoms with E-state index in [0.717, 1.165) is 16.7 Å². The van der Waals surface area contributed by atoms with Gasteiger partial charge in [-0.3, -0.25) is 9.78 Å². The first-order chi connectivity index (χ1) is 10.1. The molecule has 0 aliphatic carbocycles. The van der Waals surface area contributed by atoms with Gasteiger partial charge in [0.25, 0.3) is 5.91 Å². The zero-order valence-electron chi connectivity index (χ0n) is 11.9. The predicted molar refractivity (Wildman–Crippen MR) is 82.8 cm³/mol. The molecule has 1 N–H and O–H groups in total. The van der Waals surface area contributed by atoms with Gasteiger partial charge in [0.2, 0.25) is 0 Å². The normalized spacial score (nSPS) is 16.0. The number of nitrogens with zero attached hydrogens (tertiary/aromatic N) is 2. The molecule has 2 heterocycles. The summed E-state index contributed by atoms with van der Waals surface area (Å²) in [5.74, 6) is 0.300. The molecule has 104 valence electrons. The van der Waals surface area contributed by atoms with Crippen molar-refractivity contribution >= 4 is 17.8 Å². The summed E-state index contributed by atoms with van der Waals surface area (Å²) in [7, 11) is 0. The van der Waals surface area contributed by atoms with Crippen molar-refractivity contribution < 1.29 is 4.79 Å². The number of nitrogens with one attached hydrogen (secondary N) is 1. The molecule has 2 aromatic rings. The van der Waals surface area contributed by atoms with Crippen LogP contribution >= 0.6 is 0 Å². The van der Waals surface area contributed by atoms with Gasteiger partial charge >= 0.3 is 0 Å². The fourth-order valence-electron chi connectivity index (χ4n) is 2.16. The third-order valence-corrected chi connectivity index (χ3v) is 3.33. The number of benzene rings is 1. The minimum Gasteiger partial charge on any atom is -0.303 e. The number of aliphatic imine (C=N–C) groups is 1. The zero-order chi connectivity index (χ0) is 14.8. The van der Waals surface area contributed by atoms with Crippen LogP contribution in [-0.4, -0.2) is 16.7 Å². The average Bonchev–Trinajstić information content (AvgIpc) is 2.85. The van der Waals surface area contributed by atoms with Crippen LogP contribution in [0.25, 0.3) is 6.08 Å². The fraction of sp³-hybridized carbons (Fsp3) is 0.118. The first-order valence-electron chi connectivity index (χ1n) is 6.74. The highest BCUT2D eigenvalue weighted by molar-refractivity contribution is 6.19. The lowest BCUT2D eigenvalue weighted by atomic mass is 10.0. The van der Waals surface area contributed by atoms with Crippen molar-refractivity contribution in [3.63, 3.8) is 0 Å². The van der Waals surface area contributed by atoms with E-state index >= 15 is 0 Å². The summed E-state index contributed by atoms with van der Waals surface area (Å²) in [6, 6.07) is 11.6. The van der Waals surface area contributed by atoms with Crippen molar-refractivity contribution in [3.05, 3.63) is 70.7 Å². The molecule has 0 atom stereocenters. The van der Waals surface area contributed by atoms with Gasteiger partial charge in [0.15, 0.2) is 5.84 Å². The van der Waals surface area contributed by atoms with Crippen LogP contribution in [-0.2, 0) is 4.79 Å². The molecular formula is C17H15N3O. The van der Waals surface area contributed by atoms with Gasteiger partial charge in [-0.15, -0.1) is 0 Å². The maximum Gasteiger partial charge on any atom is 0.275 e. The zero-order valence-corrected chi connectivity index (χ0v) is 11.9. The van der Waals surface area contributed by atoms with Crippen LogP contribution in [0.1, 0.15) is 22.4 Å². The number of hydrogen-bond acceptors (Lipinski definition) is 3. The molecule has 0 spiro atoms. The summed E-state index contributed by atoms with van der Waals surface area (Å²) in [6.45, 7) is 4.04. The van der Waals surface area contributed by atoms with E-state index in [9.17, 15) is 4.79 Å². The Labute approximate surface area is 123 Å². The highest BCUT2D eigenvalue weighted by Crippen LogP contribution is 2.18.